The van der Waals surface area contributed by atoms with Crippen LogP contribution in [0.1, 0.15) is 18.4 Å². The predicted octanol–water partition coefficient (Wildman–Crippen LogP) is 2.09. The lowest BCUT2D eigenvalue weighted by Gasteiger charge is -2.22. The fraction of sp³-hybridized carbons (Fsp3) is 0.476. The third-order valence-corrected chi connectivity index (χ3v) is 5.60. The number of amides is 1. The molecule has 10 heteroatoms. The maximum Gasteiger partial charge on any atom is 0.232 e. The van der Waals surface area contributed by atoms with Crippen LogP contribution in [0.15, 0.2) is 35.7 Å². The molecular weight excluding hydrogens is 423 g/mol. The standard InChI is InChI=1S/C21H28ClFN6O2/c1-13(27-8-14-2-4-31-5-3-14)7-25-12-19(24)15-6-20(28-10-17(15)22)29-21(30)16-9-26-11-18(16)23/h6-7,10,12,14,16,18,26-27H,1-5,8-9,11,24H2,(H,28,29,30)/b19-12-,25-7-/t16-,18+/m0/s1. The molecule has 0 bridgehead atoms. The van der Waals surface area contributed by atoms with Crippen LogP contribution < -0.4 is 21.7 Å². The first-order valence-electron chi connectivity index (χ1n) is 10.2. The molecule has 31 heavy (non-hydrogen) atoms. The molecule has 0 aromatic carbocycles. The molecule has 2 fully saturated rings. The number of allylic oxidation sites excluding steroid dienone is 1. The lowest BCUT2D eigenvalue weighted by Crippen LogP contribution is -2.30. The Bertz CT molecular complexity index is 856. The fourth-order valence-corrected chi connectivity index (χ4v) is 3.61. The van der Waals surface area contributed by atoms with Crippen LogP contribution in [0.4, 0.5) is 10.2 Å². The molecule has 5 N–H and O–H groups in total. The lowest BCUT2D eigenvalue weighted by molar-refractivity contribution is -0.120. The molecule has 0 radical (unpaired) electrons. The summed E-state index contributed by atoms with van der Waals surface area (Å²) in [5.74, 6) is -0.383. The Morgan fingerprint density at radius 1 is 1.45 bits per heavy atom. The first-order valence-corrected chi connectivity index (χ1v) is 10.6. The smallest absolute Gasteiger partial charge is 0.232 e. The second kappa shape index (κ2) is 11.2. The fourth-order valence-electron chi connectivity index (χ4n) is 3.40. The first kappa shape index (κ1) is 23.2. The number of carbonyl (C=O) groups is 1. The SMILES string of the molecule is C=C(/C=N\C=C(/N)c1cc(NC(=O)[C@H]2CNC[C@H]2F)ncc1Cl)NCC1CCOCC1. The molecule has 1 amide bonds. The molecule has 0 spiro atoms. The molecule has 0 saturated carbocycles. The zero-order valence-corrected chi connectivity index (χ0v) is 18.0. The van der Waals surface area contributed by atoms with E-state index in [0.29, 0.717) is 27.9 Å². The summed E-state index contributed by atoms with van der Waals surface area (Å²) >= 11 is 6.20. The summed E-state index contributed by atoms with van der Waals surface area (Å²) in [7, 11) is 0. The van der Waals surface area contributed by atoms with Crippen LogP contribution in [0.2, 0.25) is 5.02 Å². The Kier molecular flexibility index (Phi) is 8.39. The van der Waals surface area contributed by atoms with Gasteiger partial charge in [0.15, 0.2) is 0 Å². The molecule has 8 nitrogen and oxygen atoms in total. The van der Waals surface area contributed by atoms with E-state index in [1.165, 1.54) is 18.5 Å². The quantitative estimate of drug-likeness (QED) is 0.451. The van der Waals surface area contributed by atoms with E-state index in [2.05, 4.69) is 32.5 Å². The predicted molar refractivity (Wildman–Crippen MR) is 120 cm³/mol. The number of nitrogens with two attached hydrogens (primary N) is 1. The highest BCUT2D eigenvalue weighted by Crippen LogP contribution is 2.24. The number of nitrogens with one attached hydrogen (secondary N) is 3. The molecule has 168 valence electrons. The first-order chi connectivity index (χ1) is 14.9. The lowest BCUT2D eigenvalue weighted by atomic mass is 10.0. The Labute approximate surface area is 186 Å². The van der Waals surface area contributed by atoms with Gasteiger partial charge in [-0.3, -0.25) is 9.79 Å². The number of hydrogen-bond donors (Lipinski definition) is 4. The molecule has 1 aromatic rings. The van der Waals surface area contributed by atoms with Crippen molar-refractivity contribution in [3.63, 3.8) is 0 Å². The Morgan fingerprint density at radius 2 is 2.23 bits per heavy atom. The van der Waals surface area contributed by atoms with Crippen molar-refractivity contribution in [2.75, 3.05) is 38.2 Å². The van der Waals surface area contributed by atoms with Gasteiger partial charge in [-0.05, 0) is 24.8 Å². The van der Waals surface area contributed by atoms with Crippen LogP contribution in [0.5, 0.6) is 0 Å². The second-order valence-corrected chi connectivity index (χ2v) is 8.05. The highest BCUT2D eigenvalue weighted by molar-refractivity contribution is 6.32. The number of carbonyl (C=O) groups excluding carboxylic acids is 1. The number of aliphatic imine (C=N–C) groups is 1. The summed E-state index contributed by atoms with van der Waals surface area (Å²) in [6.07, 6.45) is 5.26. The monoisotopic (exact) mass is 450 g/mol. The van der Waals surface area contributed by atoms with E-state index in [9.17, 15) is 9.18 Å². The maximum atomic E-state index is 13.8. The minimum atomic E-state index is -1.22. The zero-order valence-electron chi connectivity index (χ0n) is 17.2. The Balaban J connectivity index is 1.56. The molecular formula is C21H28ClFN6O2. The van der Waals surface area contributed by atoms with Gasteiger partial charge in [0.1, 0.15) is 12.0 Å². The van der Waals surface area contributed by atoms with Gasteiger partial charge < -0.3 is 26.4 Å². The Hall–Kier alpha value is -2.49. The van der Waals surface area contributed by atoms with Crippen LogP contribution in [-0.4, -0.2) is 56.1 Å². The van der Waals surface area contributed by atoms with Crippen LogP contribution in [0.3, 0.4) is 0 Å². The van der Waals surface area contributed by atoms with Crippen molar-refractivity contribution in [2.24, 2.45) is 22.6 Å². The average Bonchev–Trinajstić information content (AvgIpc) is 3.20. The van der Waals surface area contributed by atoms with Gasteiger partial charge >= 0.3 is 0 Å². The van der Waals surface area contributed by atoms with E-state index in [-0.39, 0.29) is 18.9 Å². The third-order valence-electron chi connectivity index (χ3n) is 5.30. The number of aromatic nitrogens is 1. The van der Waals surface area contributed by atoms with Crippen molar-refractivity contribution < 1.29 is 13.9 Å². The Morgan fingerprint density at radius 3 is 2.94 bits per heavy atom. The highest BCUT2D eigenvalue weighted by Gasteiger charge is 2.33. The summed E-state index contributed by atoms with van der Waals surface area (Å²) in [5.41, 5.74) is 7.54. The zero-order chi connectivity index (χ0) is 22.2. The molecule has 3 rings (SSSR count). The number of rotatable bonds is 8. The molecule has 2 aliphatic heterocycles. The summed E-state index contributed by atoms with van der Waals surface area (Å²) < 4.78 is 19.1. The number of hydrogen-bond acceptors (Lipinski definition) is 7. The molecule has 2 atom stereocenters. The topological polar surface area (TPSA) is 114 Å². The van der Waals surface area contributed by atoms with Crippen LogP contribution in [0, 0.1) is 11.8 Å². The van der Waals surface area contributed by atoms with Crippen molar-refractivity contribution in [3.8, 4) is 0 Å². The molecule has 2 saturated heterocycles. The molecule has 0 unspecified atom stereocenters. The van der Waals surface area contributed by atoms with Gasteiger partial charge in [-0.15, -0.1) is 0 Å². The van der Waals surface area contributed by atoms with Gasteiger partial charge in [0.05, 0.1) is 22.8 Å². The van der Waals surface area contributed by atoms with Crippen LogP contribution >= 0.6 is 11.6 Å². The number of halogens is 2. The highest BCUT2D eigenvalue weighted by atomic mass is 35.5. The number of pyridine rings is 1. The number of anilines is 1. The van der Waals surface area contributed by atoms with Gasteiger partial charge in [0, 0.05) is 56.5 Å². The second-order valence-electron chi connectivity index (χ2n) is 7.64. The van der Waals surface area contributed by atoms with E-state index in [1.807, 2.05) is 0 Å². The van der Waals surface area contributed by atoms with Crippen molar-refractivity contribution in [1.29, 1.82) is 0 Å². The van der Waals surface area contributed by atoms with Crippen molar-refractivity contribution in [2.45, 2.75) is 19.0 Å². The number of nitrogens with zero attached hydrogens (tertiary/aromatic N) is 2. The third kappa shape index (κ3) is 6.75. The van der Waals surface area contributed by atoms with E-state index < -0.39 is 18.0 Å². The van der Waals surface area contributed by atoms with E-state index in [4.69, 9.17) is 22.1 Å². The van der Waals surface area contributed by atoms with E-state index in [0.717, 1.165) is 32.6 Å². The van der Waals surface area contributed by atoms with Gasteiger partial charge in [-0.1, -0.05) is 18.2 Å². The summed E-state index contributed by atoms with van der Waals surface area (Å²) in [4.78, 5) is 20.5. The summed E-state index contributed by atoms with van der Waals surface area (Å²) in [5, 5.41) is 9.02. The molecule has 2 aliphatic rings. The van der Waals surface area contributed by atoms with Gasteiger partial charge in [0.2, 0.25) is 5.91 Å². The minimum absolute atomic E-state index is 0.167. The van der Waals surface area contributed by atoms with Gasteiger partial charge in [0.25, 0.3) is 0 Å². The number of alkyl halides is 1. The van der Waals surface area contributed by atoms with Crippen LogP contribution in [0.25, 0.3) is 5.70 Å². The van der Waals surface area contributed by atoms with Crippen molar-refractivity contribution >= 4 is 35.2 Å². The van der Waals surface area contributed by atoms with Crippen LogP contribution in [-0.2, 0) is 9.53 Å². The largest absolute Gasteiger partial charge is 0.397 e. The summed E-state index contributed by atoms with van der Waals surface area (Å²) in [6.45, 7) is 6.81. The van der Waals surface area contributed by atoms with E-state index >= 15 is 0 Å². The summed E-state index contributed by atoms with van der Waals surface area (Å²) in [6, 6.07) is 1.54. The van der Waals surface area contributed by atoms with E-state index in [1.54, 1.807) is 6.21 Å². The van der Waals surface area contributed by atoms with Gasteiger partial charge in [-0.25, -0.2) is 9.37 Å². The number of ether oxygens (including phenoxy) is 1. The average molecular weight is 451 g/mol. The maximum absolute atomic E-state index is 13.8. The van der Waals surface area contributed by atoms with Crippen molar-refractivity contribution in [1.82, 2.24) is 15.6 Å². The molecule has 0 aliphatic carbocycles. The normalized spacial score (nSPS) is 22.6. The van der Waals surface area contributed by atoms with Gasteiger partial charge in [-0.2, -0.15) is 0 Å². The molecule has 1 aromatic heterocycles. The minimum Gasteiger partial charge on any atom is -0.397 e. The molecule has 3 heterocycles. The van der Waals surface area contributed by atoms with Crippen molar-refractivity contribution in [3.05, 3.63) is 41.3 Å².